The first kappa shape index (κ1) is 17.0. The van der Waals surface area contributed by atoms with E-state index in [0.29, 0.717) is 17.7 Å². The van der Waals surface area contributed by atoms with Crippen molar-refractivity contribution in [2.45, 2.75) is 38.6 Å². The largest absolute Gasteiger partial charge is 0.314 e. The molecular weight excluding hydrogens is 350 g/mol. The molecule has 0 heterocycles. The zero-order valence-electron chi connectivity index (χ0n) is 12.5. The summed E-state index contributed by atoms with van der Waals surface area (Å²) in [6.07, 6.45) is 4.17. The molecule has 0 bridgehead atoms. The summed E-state index contributed by atoms with van der Waals surface area (Å²) in [5, 5.41) is 3.54. The third-order valence-corrected chi connectivity index (χ3v) is 6.53. The summed E-state index contributed by atoms with van der Waals surface area (Å²) in [5.74, 6) is 0.904. The third kappa shape index (κ3) is 6.09. The molecule has 1 atom stereocenters. The number of rotatable bonds is 9. The fraction of sp³-hybridized carbons (Fsp3) is 0.625. The van der Waals surface area contributed by atoms with E-state index in [1.54, 1.807) is 6.92 Å². The Hall–Kier alpha value is -0.390. The van der Waals surface area contributed by atoms with Gasteiger partial charge in [-0.25, -0.2) is 8.42 Å². The van der Waals surface area contributed by atoms with Crippen molar-refractivity contribution in [1.29, 1.82) is 0 Å². The van der Waals surface area contributed by atoms with Gasteiger partial charge in [0.15, 0.2) is 0 Å². The molecule has 3 nitrogen and oxygen atoms in total. The summed E-state index contributed by atoms with van der Waals surface area (Å²) in [6.45, 7) is 2.63. The van der Waals surface area contributed by atoms with Gasteiger partial charge < -0.3 is 5.32 Å². The lowest BCUT2D eigenvalue weighted by molar-refractivity contribution is 0.456. The van der Waals surface area contributed by atoms with E-state index in [0.717, 1.165) is 23.9 Å². The molecule has 1 aromatic carbocycles. The van der Waals surface area contributed by atoms with Crippen molar-refractivity contribution in [2.24, 2.45) is 5.92 Å². The van der Waals surface area contributed by atoms with Crippen LogP contribution in [-0.4, -0.2) is 32.5 Å². The number of halogens is 1. The van der Waals surface area contributed by atoms with Gasteiger partial charge in [-0.2, -0.15) is 0 Å². The molecule has 5 heteroatoms. The molecule has 1 N–H and O–H groups in total. The monoisotopic (exact) mass is 373 g/mol. The standard InChI is InChI=1S/C16H24BrNO2S/c1-2-21(19,20)10-9-13(12-18-15-7-8-15)11-14-5-3-4-6-16(14)17/h3-6,13,15,18H,2,7-12H2,1H3. The fourth-order valence-electron chi connectivity index (χ4n) is 2.36. The topological polar surface area (TPSA) is 46.2 Å². The highest BCUT2D eigenvalue weighted by molar-refractivity contribution is 9.10. The van der Waals surface area contributed by atoms with Gasteiger partial charge in [-0.05, 0) is 49.8 Å². The minimum atomic E-state index is -2.88. The van der Waals surface area contributed by atoms with Crippen molar-refractivity contribution >= 4 is 25.8 Å². The molecule has 1 aliphatic carbocycles. The maximum absolute atomic E-state index is 11.7. The van der Waals surface area contributed by atoms with Gasteiger partial charge in [0.25, 0.3) is 0 Å². The average Bonchev–Trinajstić information content (AvgIpc) is 3.28. The maximum Gasteiger partial charge on any atom is 0.150 e. The van der Waals surface area contributed by atoms with Crippen molar-refractivity contribution < 1.29 is 8.42 Å². The van der Waals surface area contributed by atoms with Crippen LogP contribution in [0.3, 0.4) is 0 Å². The first-order chi connectivity index (χ1) is 10.00. The maximum atomic E-state index is 11.7. The van der Waals surface area contributed by atoms with Crippen LogP contribution in [0, 0.1) is 5.92 Å². The number of hydrogen-bond acceptors (Lipinski definition) is 3. The highest BCUT2D eigenvalue weighted by Crippen LogP contribution is 2.23. The Morgan fingerprint density at radius 3 is 2.67 bits per heavy atom. The van der Waals surface area contributed by atoms with Gasteiger partial charge in [0.1, 0.15) is 9.84 Å². The van der Waals surface area contributed by atoms with Gasteiger partial charge in [-0.1, -0.05) is 41.1 Å². The first-order valence-electron chi connectivity index (χ1n) is 7.67. The molecule has 1 fully saturated rings. The molecule has 0 saturated heterocycles. The van der Waals surface area contributed by atoms with Crippen LogP contribution in [-0.2, 0) is 16.3 Å². The highest BCUT2D eigenvalue weighted by atomic mass is 79.9. The van der Waals surface area contributed by atoms with Crippen molar-refractivity contribution in [3.63, 3.8) is 0 Å². The van der Waals surface area contributed by atoms with Crippen molar-refractivity contribution in [1.82, 2.24) is 5.32 Å². The second kappa shape index (κ2) is 7.75. The van der Waals surface area contributed by atoms with Crippen LogP contribution >= 0.6 is 15.9 Å². The third-order valence-electron chi connectivity index (χ3n) is 4.02. The van der Waals surface area contributed by atoms with Gasteiger partial charge >= 0.3 is 0 Å². The average molecular weight is 374 g/mol. The molecule has 0 amide bonds. The zero-order valence-corrected chi connectivity index (χ0v) is 14.9. The Bertz CT molecular complexity index is 555. The van der Waals surface area contributed by atoms with Crippen LogP contribution in [0.15, 0.2) is 28.7 Å². The molecule has 1 unspecified atom stereocenters. The van der Waals surface area contributed by atoms with E-state index in [1.807, 2.05) is 18.2 Å². The molecule has 2 rings (SSSR count). The second-order valence-electron chi connectivity index (χ2n) is 5.87. The van der Waals surface area contributed by atoms with Gasteiger partial charge in [0.05, 0.1) is 5.75 Å². The van der Waals surface area contributed by atoms with E-state index in [1.165, 1.54) is 18.4 Å². The van der Waals surface area contributed by atoms with Crippen molar-refractivity contribution in [2.75, 3.05) is 18.1 Å². The summed E-state index contributed by atoms with van der Waals surface area (Å²) < 4.78 is 24.6. The first-order valence-corrected chi connectivity index (χ1v) is 10.3. The van der Waals surface area contributed by atoms with Crippen LogP contribution in [0.2, 0.25) is 0 Å². The Labute approximate surface area is 136 Å². The molecule has 0 radical (unpaired) electrons. The molecule has 1 aliphatic rings. The molecule has 0 spiro atoms. The molecule has 0 aliphatic heterocycles. The lowest BCUT2D eigenvalue weighted by Crippen LogP contribution is -2.28. The molecule has 118 valence electrons. The van der Waals surface area contributed by atoms with E-state index >= 15 is 0 Å². The fourth-order valence-corrected chi connectivity index (χ4v) is 3.79. The molecule has 1 aromatic rings. The summed E-state index contributed by atoms with van der Waals surface area (Å²) in [7, 11) is -2.88. The van der Waals surface area contributed by atoms with Gasteiger partial charge in [0, 0.05) is 16.3 Å². The second-order valence-corrected chi connectivity index (χ2v) is 9.20. The summed E-state index contributed by atoms with van der Waals surface area (Å²) in [6, 6.07) is 8.86. The SMILES string of the molecule is CCS(=O)(=O)CCC(CNC1CC1)Cc1ccccc1Br. The van der Waals surface area contributed by atoms with Crippen LogP contribution in [0.5, 0.6) is 0 Å². The van der Waals surface area contributed by atoms with E-state index in [-0.39, 0.29) is 5.75 Å². The van der Waals surface area contributed by atoms with Crippen LogP contribution < -0.4 is 5.32 Å². The van der Waals surface area contributed by atoms with Crippen molar-refractivity contribution in [3.05, 3.63) is 34.3 Å². The van der Waals surface area contributed by atoms with E-state index in [4.69, 9.17) is 0 Å². The number of nitrogens with one attached hydrogen (secondary N) is 1. The normalized spacial score (nSPS) is 16.9. The predicted molar refractivity (Wildman–Crippen MR) is 91.3 cm³/mol. The summed E-state index contributed by atoms with van der Waals surface area (Å²) in [5.41, 5.74) is 1.26. The van der Waals surface area contributed by atoms with E-state index in [2.05, 4.69) is 27.3 Å². The minimum Gasteiger partial charge on any atom is -0.314 e. The number of sulfone groups is 1. The quantitative estimate of drug-likeness (QED) is 0.722. The van der Waals surface area contributed by atoms with Crippen molar-refractivity contribution in [3.8, 4) is 0 Å². The van der Waals surface area contributed by atoms with E-state index in [9.17, 15) is 8.42 Å². The Morgan fingerprint density at radius 2 is 2.05 bits per heavy atom. The smallest absolute Gasteiger partial charge is 0.150 e. The number of hydrogen-bond donors (Lipinski definition) is 1. The van der Waals surface area contributed by atoms with E-state index < -0.39 is 9.84 Å². The van der Waals surface area contributed by atoms with Crippen LogP contribution in [0.4, 0.5) is 0 Å². The highest BCUT2D eigenvalue weighted by Gasteiger charge is 2.23. The summed E-state index contributed by atoms with van der Waals surface area (Å²) >= 11 is 3.58. The minimum absolute atomic E-state index is 0.241. The summed E-state index contributed by atoms with van der Waals surface area (Å²) in [4.78, 5) is 0. The molecular formula is C16H24BrNO2S. The Morgan fingerprint density at radius 1 is 1.33 bits per heavy atom. The Kier molecular flexibility index (Phi) is 6.26. The van der Waals surface area contributed by atoms with Gasteiger partial charge in [-0.3, -0.25) is 0 Å². The zero-order chi connectivity index (χ0) is 15.3. The van der Waals surface area contributed by atoms with Gasteiger partial charge in [0.2, 0.25) is 0 Å². The molecule has 1 saturated carbocycles. The molecule has 0 aromatic heterocycles. The van der Waals surface area contributed by atoms with Gasteiger partial charge in [-0.15, -0.1) is 0 Å². The Balaban J connectivity index is 1.95. The lowest BCUT2D eigenvalue weighted by Gasteiger charge is -2.18. The van der Waals surface area contributed by atoms with Crippen LogP contribution in [0.1, 0.15) is 31.7 Å². The van der Waals surface area contributed by atoms with Crippen LogP contribution in [0.25, 0.3) is 0 Å². The lowest BCUT2D eigenvalue weighted by atomic mass is 9.97. The molecule has 21 heavy (non-hydrogen) atoms. The predicted octanol–water partition coefficient (Wildman–Crippen LogP) is 3.18. The number of benzene rings is 1.